The maximum atomic E-state index is 13.1. The summed E-state index contributed by atoms with van der Waals surface area (Å²) < 4.78 is 18.1. The number of halogens is 1. The molecule has 0 aromatic carbocycles. The van der Waals surface area contributed by atoms with Crippen LogP contribution in [-0.4, -0.2) is 26.9 Å². The second kappa shape index (κ2) is 4.25. The van der Waals surface area contributed by atoms with Gasteiger partial charge in [0.1, 0.15) is 17.2 Å². The fourth-order valence-corrected chi connectivity index (χ4v) is 1.38. The van der Waals surface area contributed by atoms with Gasteiger partial charge in [-0.05, 0) is 26.8 Å². The molecule has 2 heterocycles. The molecule has 2 N–H and O–H groups in total. The van der Waals surface area contributed by atoms with E-state index in [-0.39, 0.29) is 5.82 Å². The van der Waals surface area contributed by atoms with Gasteiger partial charge in [0.05, 0.1) is 11.6 Å². The molecule has 0 saturated heterocycles. The average molecular weight is 252 g/mol. The summed E-state index contributed by atoms with van der Waals surface area (Å²) >= 11 is 0. The van der Waals surface area contributed by atoms with Crippen LogP contribution in [0.2, 0.25) is 0 Å². The number of amides is 1. The summed E-state index contributed by atoms with van der Waals surface area (Å²) in [4.78, 5) is 15.3. The van der Waals surface area contributed by atoms with Crippen LogP contribution in [0.25, 0.3) is 11.0 Å². The van der Waals surface area contributed by atoms with Gasteiger partial charge in [-0.3, -0.25) is 10.4 Å². The van der Waals surface area contributed by atoms with Crippen LogP contribution in [-0.2, 0) is 4.74 Å². The topological polar surface area (TPSA) is 79.9 Å². The Balaban J connectivity index is 2.22. The Morgan fingerprint density at radius 3 is 2.89 bits per heavy atom. The first-order chi connectivity index (χ1) is 8.35. The highest BCUT2D eigenvalue weighted by atomic mass is 19.1. The van der Waals surface area contributed by atoms with E-state index in [0.717, 1.165) is 6.20 Å². The molecule has 1 amide bonds. The first-order valence-electron chi connectivity index (χ1n) is 5.35. The average Bonchev–Trinajstić information content (AvgIpc) is 2.58. The Bertz CT molecular complexity index is 588. The van der Waals surface area contributed by atoms with Crippen molar-refractivity contribution in [1.29, 1.82) is 0 Å². The van der Waals surface area contributed by atoms with Crippen LogP contribution >= 0.6 is 0 Å². The van der Waals surface area contributed by atoms with Crippen LogP contribution in [0.1, 0.15) is 20.8 Å². The Morgan fingerprint density at radius 2 is 2.22 bits per heavy atom. The number of hydrogen-bond donors (Lipinski definition) is 2. The number of nitrogens with one attached hydrogen (secondary N) is 2. The number of hydrogen-bond acceptors (Lipinski definition) is 4. The molecule has 7 heteroatoms. The van der Waals surface area contributed by atoms with E-state index in [1.807, 2.05) is 0 Å². The quantitative estimate of drug-likeness (QED) is 0.816. The molecule has 2 aromatic rings. The van der Waals surface area contributed by atoms with Crippen molar-refractivity contribution in [2.24, 2.45) is 0 Å². The van der Waals surface area contributed by atoms with Gasteiger partial charge in [0.2, 0.25) is 0 Å². The molecule has 6 nitrogen and oxygen atoms in total. The lowest BCUT2D eigenvalue weighted by atomic mass is 10.2. The van der Waals surface area contributed by atoms with Gasteiger partial charge in [0.25, 0.3) is 0 Å². The van der Waals surface area contributed by atoms with Crippen molar-refractivity contribution in [2.45, 2.75) is 26.4 Å². The summed E-state index contributed by atoms with van der Waals surface area (Å²) in [6.07, 6.45) is 0.415. The van der Waals surface area contributed by atoms with Crippen LogP contribution in [0.5, 0.6) is 0 Å². The predicted molar refractivity (Wildman–Crippen MR) is 63.7 cm³/mol. The number of carbonyl (C=O) groups is 1. The normalized spacial score (nSPS) is 11.6. The maximum absolute atomic E-state index is 13.1. The fraction of sp³-hybridized carbons (Fsp3) is 0.364. The number of rotatable bonds is 1. The first kappa shape index (κ1) is 12.3. The van der Waals surface area contributed by atoms with Crippen LogP contribution in [0.15, 0.2) is 12.3 Å². The lowest BCUT2D eigenvalue weighted by molar-refractivity contribution is 0.0635. The molecule has 2 rings (SSSR count). The monoisotopic (exact) mass is 252 g/mol. The molecular weight excluding hydrogens is 239 g/mol. The van der Waals surface area contributed by atoms with Crippen LogP contribution in [0, 0.1) is 5.82 Å². The molecule has 0 bridgehead atoms. The molecule has 0 radical (unpaired) electrons. The molecule has 0 saturated carbocycles. The SMILES string of the molecule is CC(C)(C)OC(=O)Nc1[nH]nc2ncc(F)cc12. The molecule has 0 fully saturated rings. The fourth-order valence-electron chi connectivity index (χ4n) is 1.38. The van der Waals surface area contributed by atoms with Gasteiger partial charge in [0, 0.05) is 0 Å². The standard InChI is InChI=1S/C11H13FN4O2/c1-11(2,3)18-10(17)14-9-7-4-6(12)5-13-8(7)15-16-9/h4-5H,1-3H3,(H2,13,14,15,16,17). The van der Waals surface area contributed by atoms with Crippen LogP contribution in [0.4, 0.5) is 15.0 Å². The minimum absolute atomic E-state index is 0.256. The molecule has 0 unspecified atom stereocenters. The Morgan fingerprint density at radius 1 is 1.50 bits per heavy atom. The highest BCUT2D eigenvalue weighted by molar-refractivity contribution is 5.95. The zero-order valence-corrected chi connectivity index (χ0v) is 10.2. The highest BCUT2D eigenvalue weighted by Gasteiger charge is 2.18. The Hall–Kier alpha value is -2.18. The predicted octanol–water partition coefficient (Wildman–Crippen LogP) is 2.44. The number of pyridine rings is 1. The number of aromatic nitrogens is 3. The third kappa shape index (κ3) is 2.73. The van der Waals surface area contributed by atoms with E-state index >= 15 is 0 Å². The summed E-state index contributed by atoms with van der Waals surface area (Å²) in [5, 5.41) is 9.26. The van der Waals surface area contributed by atoms with Crippen molar-refractivity contribution in [3.05, 3.63) is 18.1 Å². The molecule has 18 heavy (non-hydrogen) atoms. The van der Waals surface area contributed by atoms with Gasteiger partial charge in [-0.2, -0.15) is 5.10 Å². The van der Waals surface area contributed by atoms with E-state index < -0.39 is 17.5 Å². The zero-order valence-electron chi connectivity index (χ0n) is 10.2. The molecule has 0 aliphatic heterocycles. The Labute approximate surface area is 103 Å². The van der Waals surface area contributed by atoms with E-state index in [4.69, 9.17) is 4.74 Å². The zero-order chi connectivity index (χ0) is 13.3. The number of aromatic amines is 1. The Kier molecular flexibility index (Phi) is 2.90. The van der Waals surface area contributed by atoms with Crippen molar-refractivity contribution >= 4 is 22.9 Å². The molecule has 2 aromatic heterocycles. The molecule has 0 aliphatic rings. The third-order valence-electron chi connectivity index (χ3n) is 2.00. The molecule has 0 spiro atoms. The van der Waals surface area contributed by atoms with E-state index in [9.17, 15) is 9.18 Å². The maximum Gasteiger partial charge on any atom is 0.413 e. The van der Waals surface area contributed by atoms with E-state index in [2.05, 4.69) is 20.5 Å². The number of H-pyrrole nitrogens is 1. The summed E-state index contributed by atoms with van der Waals surface area (Å²) in [7, 11) is 0. The minimum Gasteiger partial charge on any atom is -0.444 e. The van der Waals surface area contributed by atoms with Crippen molar-refractivity contribution in [3.8, 4) is 0 Å². The van der Waals surface area contributed by atoms with Gasteiger partial charge in [-0.25, -0.2) is 14.2 Å². The third-order valence-corrected chi connectivity index (χ3v) is 2.00. The number of fused-ring (bicyclic) bond motifs is 1. The van der Waals surface area contributed by atoms with Gasteiger partial charge < -0.3 is 4.74 Å². The summed E-state index contributed by atoms with van der Waals surface area (Å²) in [5.74, 6) is -0.248. The van der Waals surface area contributed by atoms with Crippen LogP contribution < -0.4 is 5.32 Å². The smallest absolute Gasteiger partial charge is 0.413 e. The summed E-state index contributed by atoms with van der Waals surface area (Å²) in [6, 6.07) is 1.23. The molecular formula is C11H13FN4O2. The first-order valence-corrected chi connectivity index (χ1v) is 5.35. The number of carbonyl (C=O) groups excluding carboxylic acids is 1. The van der Waals surface area contributed by atoms with Gasteiger partial charge >= 0.3 is 6.09 Å². The number of ether oxygens (including phenoxy) is 1. The molecule has 0 atom stereocenters. The van der Waals surface area contributed by atoms with E-state index in [0.29, 0.717) is 11.0 Å². The van der Waals surface area contributed by atoms with Crippen molar-refractivity contribution in [1.82, 2.24) is 15.2 Å². The largest absolute Gasteiger partial charge is 0.444 e. The highest BCUT2D eigenvalue weighted by Crippen LogP contribution is 2.20. The second-order valence-electron chi connectivity index (χ2n) is 4.75. The number of anilines is 1. The van der Waals surface area contributed by atoms with Crippen LogP contribution in [0.3, 0.4) is 0 Å². The molecule has 96 valence electrons. The van der Waals surface area contributed by atoms with Crippen molar-refractivity contribution in [2.75, 3.05) is 5.32 Å². The summed E-state index contributed by atoms with van der Waals surface area (Å²) in [5.41, 5.74) is -0.286. The van der Waals surface area contributed by atoms with Gasteiger partial charge in [0.15, 0.2) is 5.65 Å². The van der Waals surface area contributed by atoms with E-state index in [1.165, 1.54) is 6.07 Å². The van der Waals surface area contributed by atoms with Gasteiger partial charge in [-0.15, -0.1) is 0 Å². The van der Waals surface area contributed by atoms with E-state index in [1.54, 1.807) is 20.8 Å². The number of nitrogens with zero attached hydrogens (tertiary/aromatic N) is 2. The minimum atomic E-state index is -0.641. The van der Waals surface area contributed by atoms with Gasteiger partial charge in [-0.1, -0.05) is 0 Å². The summed E-state index contributed by atoms with van der Waals surface area (Å²) in [6.45, 7) is 5.25. The van der Waals surface area contributed by atoms with Crippen molar-refractivity contribution in [3.63, 3.8) is 0 Å². The van der Waals surface area contributed by atoms with Crippen molar-refractivity contribution < 1.29 is 13.9 Å². The lowest BCUT2D eigenvalue weighted by Gasteiger charge is -2.19. The molecule has 0 aliphatic carbocycles. The lowest BCUT2D eigenvalue weighted by Crippen LogP contribution is -2.27. The second-order valence-corrected chi connectivity index (χ2v) is 4.75.